The zero-order chi connectivity index (χ0) is 25.3. The van der Waals surface area contributed by atoms with Gasteiger partial charge >= 0.3 is 0 Å². The minimum Gasteiger partial charge on any atom is -0.362 e. The first kappa shape index (κ1) is 24.7. The number of aryl methyl sites for hydroxylation is 2. The van der Waals surface area contributed by atoms with Crippen LogP contribution >= 0.6 is 0 Å². The van der Waals surface area contributed by atoms with Crippen LogP contribution in [0.15, 0.2) is 54.7 Å². The molecule has 1 amide bonds. The summed E-state index contributed by atoms with van der Waals surface area (Å²) >= 11 is 0. The average Bonchev–Trinajstić information content (AvgIpc) is 3.24. The number of nitrogens with one attached hydrogen (secondary N) is 1. The van der Waals surface area contributed by atoms with Crippen molar-refractivity contribution in [3.63, 3.8) is 0 Å². The molecular formula is C30H38N4O2. The Labute approximate surface area is 214 Å². The van der Waals surface area contributed by atoms with Gasteiger partial charge in [-0.1, -0.05) is 69.3 Å². The maximum Gasteiger partial charge on any atom is 0.225 e. The molecule has 2 aliphatic heterocycles. The van der Waals surface area contributed by atoms with Crippen molar-refractivity contribution in [2.24, 2.45) is 5.41 Å². The second-order valence-electron chi connectivity index (χ2n) is 11.3. The van der Waals surface area contributed by atoms with Crippen LogP contribution in [0.4, 0.5) is 0 Å². The predicted octanol–water partition coefficient (Wildman–Crippen LogP) is 4.97. The second-order valence-corrected chi connectivity index (χ2v) is 11.3. The van der Waals surface area contributed by atoms with Crippen LogP contribution in [-0.2, 0) is 29.0 Å². The summed E-state index contributed by atoms with van der Waals surface area (Å²) in [5, 5.41) is 3.02. The molecule has 0 saturated carbocycles. The number of nitrogens with zero attached hydrogens (tertiary/aromatic N) is 3. The van der Waals surface area contributed by atoms with Gasteiger partial charge in [0.2, 0.25) is 5.91 Å². The predicted molar refractivity (Wildman–Crippen MR) is 143 cm³/mol. The van der Waals surface area contributed by atoms with E-state index in [9.17, 15) is 4.79 Å². The van der Waals surface area contributed by atoms with Crippen molar-refractivity contribution in [2.45, 2.75) is 65.3 Å². The number of imidazole rings is 1. The number of aromatic nitrogens is 2. The fraction of sp³-hybridized carbons (Fsp3) is 0.467. The summed E-state index contributed by atoms with van der Waals surface area (Å²) in [5.41, 5.74) is 5.33. The Morgan fingerprint density at radius 3 is 2.50 bits per heavy atom. The molecule has 0 aliphatic carbocycles. The third kappa shape index (κ3) is 5.40. The number of carbonyl (C=O) groups excluding carboxylic acids is 1. The molecule has 0 bridgehead atoms. The number of amides is 1. The number of hydrogen-bond donors (Lipinski definition) is 1. The molecule has 6 heteroatoms. The van der Waals surface area contributed by atoms with Gasteiger partial charge in [0.15, 0.2) is 0 Å². The first-order chi connectivity index (χ1) is 17.3. The van der Waals surface area contributed by atoms with Gasteiger partial charge in [-0.15, -0.1) is 0 Å². The SMILES string of the molecule is CN1CCC(OC2c3ccccc3CCn3cc(-c4ccc(CNC(=O)C(C)(C)C)cc4)nc32)CC1. The summed E-state index contributed by atoms with van der Waals surface area (Å²) < 4.78 is 9.10. The van der Waals surface area contributed by atoms with Crippen LogP contribution in [0.3, 0.4) is 0 Å². The van der Waals surface area contributed by atoms with Crippen molar-refractivity contribution in [1.82, 2.24) is 19.8 Å². The monoisotopic (exact) mass is 486 g/mol. The molecule has 1 N–H and O–H groups in total. The minimum atomic E-state index is -0.390. The van der Waals surface area contributed by atoms with Crippen LogP contribution in [-0.4, -0.2) is 46.6 Å². The highest BCUT2D eigenvalue weighted by Crippen LogP contribution is 2.35. The number of piperidine rings is 1. The van der Waals surface area contributed by atoms with Crippen molar-refractivity contribution in [3.8, 4) is 11.3 Å². The molecule has 2 aromatic carbocycles. The molecule has 0 spiro atoms. The van der Waals surface area contributed by atoms with E-state index in [2.05, 4.69) is 76.6 Å². The van der Waals surface area contributed by atoms with Crippen molar-refractivity contribution in [3.05, 3.63) is 77.2 Å². The van der Waals surface area contributed by atoms with Crippen LogP contribution < -0.4 is 5.32 Å². The Bertz CT molecular complexity index is 1200. The largest absolute Gasteiger partial charge is 0.362 e. The Morgan fingerprint density at radius 2 is 1.78 bits per heavy atom. The number of fused-ring (bicyclic) bond motifs is 2. The quantitative estimate of drug-likeness (QED) is 0.553. The summed E-state index contributed by atoms with van der Waals surface area (Å²) in [5.74, 6) is 1.05. The van der Waals surface area contributed by atoms with Crippen molar-refractivity contribution >= 4 is 5.91 Å². The van der Waals surface area contributed by atoms with E-state index in [1.807, 2.05) is 20.8 Å². The molecule has 190 valence electrons. The Balaban J connectivity index is 1.38. The van der Waals surface area contributed by atoms with E-state index in [4.69, 9.17) is 9.72 Å². The molecule has 1 saturated heterocycles. The summed E-state index contributed by atoms with van der Waals surface area (Å²) in [6.45, 7) is 9.34. The van der Waals surface area contributed by atoms with Crippen molar-refractivity contribution in [1.29, 1.82) is 0 Å². The topological polar surface area (TPSA) is 59.4 Å². The van der Waals surface area contributed by atoms with E-state index >= 15 is 0 Å². The fourth-order valence-electron chi connectivity index (χ4n) is 5.04. The summed E-state index contributed by atoms with van der Waals surface area (Å²) in [7, 11) is 2.18. The molecule has 1 fully saturated rings. The number of hydrogen-bond acceptors (Lipinski definition) is 4. The van der Waals surface area contributed by atoms with Gasteiger partial charge in [-0.05, 0) is 43.0 Å². The standard InChI is InChI=1S/C30H38N4O2/c1-30(2,3)29(35)31-19-21-9-11-23(12-10-21)26-20-34-18-13-22-7-5-6-8-25(22)27(28(34)32-26)36-24-14-16-33(4)17-15-24/h5-12,20,24,27H,13-19H2,1-4H3,(H,31,35). The first-order valence-corrected chi connectivity index (χ1v) is 13.1. The number of rotatable bonds is 5. The molecule has 1 unspecified atom stereocenters. The van der Waals surface area contributed by atoms with E-state index in [1.165, 1.54) is 11.1 Å². The van der Waals surface area contributed by atoms with Crippen LogP contribution in [0, 0.1) is 5.41 Å². The summed E-state index contributed by atoms with van der Waals surface area (Å²) in [4.78, 5) is 19.7. The molecule has 2 aliphatic rings. The van der Waals surface area contributed by atoms with Gasteiger partial charge < -0.3 is 19.5 Å². The second kappa shape index (κ2) is 10.2. The average molecular weight is 487 g/mol. The lowest BCUT2D eigenvalue weighted by molar-refractivity contribution is -0.128. The molecule has 0 radical (unpaired) electrons. The Hall–Kier alpha value is -2.96. The lowest BCUT2D eigenvalue weighted by atomic mass is 9.95. The summed E-state index contributed by atoms with van der Waals surface area (Å²) in [6, 6.07) is 17.0. The minimum absolute atomic E-state index is 0.0559. The normalized spacial score (nSPS) is 18.8. The van der Waals surface area contributed by atoms with Gasteiger partial charge in [0, 0.05) is 43.4 Å². The number of benzene rings is 2. The first-order valence-electron chi connectivity index (χ1n) is 13.1. The number of likely N-dealkylation sites (tertiary alicyclic amines) is 1. The lowest BCUT2D eigenvalue weighted by Gasteiger charge is -2.32. The highest BCUT2D eigenvalue weighted by atomic mass is 16.5. The molecule has 36 heavy (non-hydrogen) atoms. The molecule has 6 nitrogen and oxygen atoms in total. The smallest absolute Gasteiger partial charge is 0.225 e. The van der Waals surface area contributed by atoms with Gasteiger partial charge in [0.25, 0.3) is 0 Å². The molecule has 5 rings (SSSR count). The molecule has 3 aromatic rings. The molecule has 1 aromatic heterocycles. The van der Waals surface area contributed by atoms with Gasteiger partial charge in [-0.25, -0.2) is 4.98 Å². The molecule has 1 atom stereocenters. The molecule has 3 heterocycles. The zero-order valence-electron chi connectivity index (χ0n) is 22.0. The van der Waals surface area contributed by atoms with E-state index in [0.717, 1.165) is 61.5 Å². The Kier molecular flexibility index (Phi) is 7.00. The Morgan fingerprint density at radius 1 is 1.06 bits per heavy atom. The van der Waals surface area contributed by atoms with Gasteiger partial charge in [0.05, 0.1) is 11.8 Å². The number of carbonyl (C=O) groups is 1. The van der Waals surface area contributed by atoms with Gasteiger partial charge in [0.1, 0.15) is 11.9 Å². The zero-order valence-corrected chi connectivity index (χ0v) is 22.0. The van der Waals surface area contributed by atoms with Crippen LogP contribution in [0.25, 0.3) is 11.3 Å². The highest BCUT2D eigenvalue weighted by Gasteiger charge is 2.30. The van der Waals surface area contributed by atoms with Crippen LogP contribution in [0.2, 0.25) is 0 Å². The maximum absolute atomic E-state index is 12.2. The third-order valence-electron chi connectivity index (χ3n) is 7.38. The number of ether oxygens (including phenoxy) is 1. The van der Waals surface area contributed by atoms with E-state index in [0.29, 0.717) is 6.54 Å². The molecular weight excluding hydrogens is 448 g/mol. The van der Waals surface area contributed by atoms with Crippen LogP contribution in [0.5, 0.6) is 0 Å². The summed E-state index contributed by atoms with van der Waals surface area (Å²) in [6.07, 6.45) is 5.33. The van der Waals surface area contributed by atoms with Gasteiger partial charge in [-0.2, -0.15) is 0 Å². The fourth-order valence-corrected chi connectivity index (χ4v) is 5.04. The maximum atomic E-state index is 12.2. The van der Waals surface area contributed by atoms with Gasteiger partial charge in [-0.3, -0.25) is 4.79 Å². The van der Waals surface area contributed by atoms with E-state index in [1.54, 1.807) is 0 Å². The van der Waals surface area contributed by atoms with E-state index < -0.39 is 0 Å². The van der Waals surface area contributed by atoms with Crippen molar-refractivity contribution in [2.75, 3.05) is 20.1 Å². The van der Waals surface area contributed by atoms with Crippen molar-refractivity contribution < 1.29 is 9.53 Å². The van der Waals surface area contributed by atoms with Crippen LogP contribution in [0.1, 0.15) is 62.2 Å². The highest BCUT2D eigenvalue weighted by molar-refractivity contribution is 5.81. The third-order valence-corrected chi connectivity index (χ3v) is 7.38. The van der Waals surface area contributed by atoms with E-state index in [-0.39, 0.29) is 23.5 Å². The lowest BCUT2D eigenvalue weighted by Crippen LogP contribution is -2.35.